The monoisotopic (exact) mass is 539 g/mol. The maximum absolute atomic E-state index is 13.6. The average molecular weight is 540 g/mol. The van der Waals surface area contributed by atoms with E-state index >= 15 is 0 Å². The Balaban J connectivity index is 1.50. The first-order valence-electron chi connectivity index (χ1n) is 14.1. The third-order valence-electron chi connectivity index (χ3n) is 8.39. The highest BCUT2D eigenvalue weighted by Gasteiger charge is 2.36. The fraction of sp³-hybridized carbons (Fsp3) is 0.567. The molecule has 0 saturated heterocycles. The van der Waals surface area contributed by atoms with Crippen LogP contribution in [-0.2, 0) is 15.8 Å². The molecular formula is C30H42N3O4P. The largest absolute Gasteiger partial charge is 0.390 e. The molecule has 0 aliphatic heterocycles. The van der Waals surface area contributed by atoms with Crippen LogP contribution in [0.4, 0.5) is 0 Å². The van der Waals surface area contributed by atoms with Crippen LogP contribution in [-0.4, -0.2) is 39.7 Å². The number of nitrogens with zero attached hydrogens (tertiary/aromatic N) is 1. The zero-order valence-corrected chi connectivity index (χ0v) is 23.7. The van der Waals surface area contributed by atoms with Gasteiger partial charge in [-0.3, -0.25) is 14.6 Å². The van der Waals surface area contributed by atoms with E-state index in [4.69, 9.17) is 0 Å². The average Bonchev–Trinajstić information content (AvgIpc) is 3.24. The van der Waals surface area contributed by atoms with Gasteiger partial charge in [-0.15, -0.1) is 0 Å². The van der Waals surface area contributed by atoms with Gasteiger partial charge in [-0.05, 0) is 47.9 Å². The smallest absolute Gasteiger partial charge is 0.270 e. The Kier molecular flexibility index (Phi) is 10.1. The lowest BCUT2D eigenvalue weighted by atomic mass is 9.81. The standard InChI is InChI=1S/C30H42N3O4P/c1-19(2)23(29(35)33-28-22-13-7-6-12-21(22)17-26(28)34)18-27(38-37)25(16-20-10-4-3-5-11-20)32-30(36)24-14-8-9-15-31-24/h6-9,12-15,19-20,23,25-28,34H,3-5,10-11,16-18,38H2,1-2H3,(H,32,36)(H,33,35)/t23-,25-,26+,27-,28-/m0/s1. The van der Waals surface area contributed by atoms with Crippen molar-refractivity contribution in [1.29, 1.82) is 0 Å². The molecule has 4 rings (SSSR count). The Hall–Kier alpha value is -2.50. The number of pyridine rings is 1. The fourth-order valence-electron chi connectivity index (χ4n) is 6.16. The van der Waals surface area contributed by atoms with Gasteiger partial charge in [0, 0.05) is 30.2 Å². The van der Waals surface area contributed by atoms with Crippen molar-refractivity contribution >= 4 is 20.3 Å². The van der Waals surface area contributed by atoms with Gasteiger partial charge in [0.15, 0.2) is 0 Å². The van der Waals surface area contributed by atoms with Crippen molar-refractivity contribution in [3.63, 3.8) is 0 Å². The Morgan fingerprint density at radius 3 is 2.50 bits per heavy atom. The van der Waals surface area contributed by atoms with E-state index in [9.17, 15) is 19.3 Å². The van der Waals surface area contributed by atoms with E-state index in [2.05, 4.69) is 15.6 Å². The SMILES string of the molecule is CC(C)[C@H](C[C@H]([PH2]=O)[C@H](CC1CCCCC1)NC(=O)c1ccccn1)C(=O)N[C@H]1c2ccccc2C[C@H]1O. The Bertz CT molecular complexity index is 1090. The fourth-order valence-corrected chi connectivity index (χ4v) is 7.01. The molecule has 206 valence electrons. The Labute approximate surface area is 227 Å². The molecule has 7 nitrogen and oxygen atoms in total. The molecule has 1 unspecified atom stereocenters. The summed E-state index contributed by atoms with van der Waals surface area (Å²) in [6.07, 6.45) is 8.47. The number of rotatable bonds is 11. The zero-order chi connectivity index (χ0) is 27.1. The van der Waals surface area contributed by atoms with Crippen LogP contribution in [0, 0.1) is 17.8 Å². The maximum Gasteiger partial charge on any atom is 0.270 e. The predicted octanol–water partition coefficient (Wildman–Crippen LogP) is 4.71. The van der Waals surface area contributed by atoms with Crippen molar-refractivity contribution in [2.45, 2.75) is 89.1 Å². The first-order chi connectivity index (χ1) is 18.4. The van der Waals surface area contributed by atoms with Crippen LogP contribution < -0.4 is 10.6 Å². The van der Waals surface area contributed by atoms with Gasteiger partial charge < -0.3 is 20.3 Å². The number of nitrogens with one attached hydrogen (secondary N) is 2. The second kappa shape index (κ2) is 13.5. The molecule has 3 N–H and O–H groups in total. The molecule has 2 amide bonds. The molecule has 1 aromatic carbocycles. The molecule has 1 saturated carbocycles. The lowest BCUT2D eigenvalue weighted by molar-refractivity contribution is -0.128. The summed E-state index contributed by atoms with van der Waals surface area (Å²) in [5.74, 6) is -0.296. The summed E-state index contributed by atoms with van der Waals surface area (Å²) in [5, 5.41) is 16.9. The molecule has 1 fully saturated rings. The summed E-state index contributed by atoms with van der Waals surface area (Å²) < 4.78 is 12.7. The number of aliphatic hydroxyl groups is 1. The molecule has 1 aromatic heterocycles. The van der Waals surface area contributed by atoms with E-state index in [1.54, 1.807) is 24.4 Å². The third kappa shape index (κ3) is 7.12. The summed E-state index contributed by atoms with van der Waals surface area (Å²) in [7, 11) is -1.22. The number of carbonyl (C=O) groups is 2. The van der Waals surface area contributed by atoms with Crippen LogP contribution in [0.2, 0.25) is 0 Å². The lowest BCUT2D eigenvalue weighted by Crippen LogP contribution is -2.46. The van der Waals surface area contributed by atoms with Crippen molar-refractivity contribution in [2.75, 3.05) is 0 Å². The first kappa shape index (κ1) is 28.5. The van der Waals surface area contributed by atoms with E-state index in [0.29, 0.717) is 24.5 Å². The van der Waals surface area contributed by atoms with Crippen LogP contribution >= 0.6 is 8.46 Å². The molecule has 8 heteroatoms. The van der Waals surface area contributed by atoms with Gasteiger partial charge in [-0.25, -0.2) is 0 Å². The second-order valence-electron chi connectivity index (χ2n) is 11.4. The molecule has 38 heavy (non-hydrogen) atoms. The zero-order valence-electron chi connectivity index (χ0n) is 22.5. The molecule has 0 bridgehead atoms. The van der Waals surface area contributed by atoms with Gasteiger partial charge in [0.1, 0.15) is 5.69 Å². The van der Waals surface area contributed by atoms with Crippen LogP contribution in [0.1, 0.15) is 86.5 Å². The molecule has 1 heterocycles. The number of benzene rings is 1. The molecule has 0 spiro atoms. The number of hydrogen-bond acceptors (Lipinski definition) is 5. The maximum atomic E-state index is 13.6. The van der Waals surface area contributed by atoms with Crippen molar-refractivity contribution in [3.8, 4) is 0 Å². The number of fused-ring (bicyclic) bond motifs is 1. The summed E-state index contributed by atoms with van der Waals surface area (Å²) in [5.41, 5.74) is 2.05. The number of hydrogen-bond donors (Lipinski definition) is 3. The number of aliphatic hydroxyl groups excluding tert-OH is 1. The second-order valence-corrected chi connectivity index (χ2v) is 12.5. The van der Waals surface area contributed by atoms with Gasteiger partial charge in [0.2, 0.25) is 5.91 Å². The third-order valence-corrected chi connectivity index (χ3v) is 9.47. The van der Waals surface area contributed by atoms with Crippen LogP contribution in [0.5, 0.6) is 0 Å². The van der Waals surface area contributed by atoms with Gasteiger partial charge >= 0.3 is 0 Å². The highest BCUT2D eigenvalue weighted by Crippen LogP contribution is 2.35. The summed E-state index contributed by atoms with van der Waals surface area (Å²) in [6.45, 7) is 4.01. The summed E-state index contributed by atoms with van der Waals surface area (Å²) in [4.78, 5) is 30.9. The van der Waals surface area contributed by atoms with Gasteiger partial charge in [-0.1, -0.05) is 76.3 Å². The molecule has 2 aromatic rings. The topological polar surface area (TPSA) is 108 Å². The van der Waals surface area contributed by atoms with Crippen molar-refractivity contribution < 1.29 is 19.3 Å². The normalized spacial score (nSPS) is 22.2. The van der Waals surface area contributed by atoms with E-state index in [1.165, 1.54) is 19.3 Å². The highest BCUT2D eigenvalue weighted by molar-refractivity contribution is 7.24. The van der Waals surface area contributed by atoms with Crippen LogP contribution in [0.25, 0.3) is 0 Å². The molecular weight excluding hydrogens is 497 g/mol. The quantitative estimate of drug-likeness (QED) is 0.359. The van der Waals surface area contributed by atoms with Gasteiger partial charge in [0.25, 0.3) is 5.91 Å². The van der Waals surface area contributed by atoms with Crippen LogP contribution in [0.3, 0.4) is 0 Å². The van der Waals surface area contributed by atoms with Crippen LogP contribution in [0.15, 0.2) is 48.7 Å². The molecule has 6 atom stereocenters. The molecule has 2 aliphatic rings. The van der Waals surface area contributed by atoms with Gasteiger partial charge in [0.05, 0.1) is 20.6 Å². The van der Waals surface area contributed by atoms with Crippen molar-refractivity contribution in [2.24, 2.45) is 17.8 Å². The highest BCUT2D eigenvalue weighted by atomic mass is 31.1. The Morgan fingerprint density at radius 2 is 1.82 bits per heavy atom. The van der Waals surface area contributed by atoms with E-state index in [0.717, 1.165) is 30.4 Å². The van der Waals surface area contributed by atoms with E-state index < -0.39 is 20.6 Å². The van der Waals surface area contributed by atoms with E-state index in [1.807, 2.05) is 38.1 Å². The van der Waals surface area contributed by atoms with E-state index in [-0.39, 0.29) is 35.4 Å². The summed E-state index contributed by atoms with van der Waals surface area (Å²) >= 11 is 0. The minimum Gasteiger partial charge on any atom is -0.390 e. The molecule has 0 radical (unpaired) electrons. The minimum atomic E-state index is -1.22. The number of carbonyl (C=O) groups excluding carboxylic acids is 2. The number of aromatic nitrogens is 1. The first-order valence-corrected chi connectivity index (χ1v) is 15.2. The van der Waals surface area contributed by atoms with Gasteiger partial charge in [-0.2, -0.15) is 0 Å². The molecule has 2 aliphatic carbocycles. The Morgan fingerprint density at radius 1 is 1.08 bits per heavy atom. The predicted molar refractivity (Wildman–Crippen MR) is 151 cm³/mol. The minimum absolute atomic E-state index is 0.0130. The van der Waals surface area contributed by atoms with Crippen molar-refractivity contribution in [1.82, 2.24) is 15.6 Å². The van der Waals surface area contributed by atoms with Crippen molar-refractivity contribution in [3.05, 3.63) is 65.5 Å². The summed E-state index contributed by atoms with van der Waals surface area (Å²) in [6, 6.07) is 12.3. The number of amides is 2. The lowest BCUT2D eigenvalue weighted by Gasteiger charge is -2.33.